The fourth-order valence-corrected chi connectivity index (χ4v) is 4.65. The Hall–Kier alpha value is -1.41. The maximum absolute atomic E-state index is 11.8. The van der Waals surface area contributed by atoms with Gasteiger partial charge in [-0.2, -0.15) is 11.8 Å². The van der Waals surface area contributed by atoms with Crippen LogP contribution in [0.3, 0.4) is 0 Å². The van der Waals surface area contributed by atoms with Gasteiger partial charge in [-0.3, -0.25) is 4.79 Å². The van der Waals surface area contributed by atoms with E-state index in [1.807, 2.05) is 11.8 Å². The van der Waals surface area contributed by atoms with Crippen LogP contribution in [0.4, 0.5) is 10.7 Å². The quantitative estimate of drug-likeness (QED) is 0.813. The van der Waals surface area contributed by atoms with Gasteiger partial charge in [-0.05, 0) is 6.42 Å². The predicted octanol–water partition coefficient (Wildman–Crippen LogP) is 1.55. The third-order valence-corrected chi connectivity index (χ3v) is 6.04. The third kappa shape index (κ3) is 3.11. The SMILES string of the molecule is CCC1CN(c2sc(C(=O)OC)c(N)c2C(N)=O)CCS1. The highest BCUT2D eigenvalue weighted by atomic mass is 32.2. The summed E-state index contributed by atoms with van der Waals surface area (Å²) in [7, 11) is 1.29. The summed E-state index contributed by atoms with van der Waals surface area (Å²) in [5.41, 5.74) is 11.7. The number of carbonyl (C=O) groups excluding carboxylic acids is 2. The number of hydrogen-bond acceptors (Lipinski definition) is 7. The number of ether oxygens (including phenoxy) is 1. The molecule has 1 aromatic rings. The lowest BCUT2D eigenvalue weighted by Crippen LogP contribution is -2.38. The lowest BCUT2D eigenvalue weighted by Gasteiger charge is -2.33. The summed E-state index contributed by atoms with van der Waals surface area (Å²) in [5, 5.41) is 1.18. The van der Waals surface area contributed by atoms with Crippen LogP contribution in [0.1, 0.15) is 33.4 Å². The zero-order valence-corrected chi connectivity index (χ0v) is 13.7. The molecule has 116 valence electrons. The van der Waals surface area contributed by atoms with E-state index in [0.29, 0.717) is 10.3 Å². The smallest absolute Gasteiger partial charge is 0.350 e. The van der Waals surface area contributed by atoms with Gasteiger partial charge in [0.05, 0.1) is 18.4 Å². The highest BCUT2D eigenvalue weighted by Gasteiger charge is 2.30. The minimum atomic E-state index is -0.611. The monoisotopic (exact) mass is 329 g/mol. The molecule has 2 heterocycles. The van der Waals surface area contributed by atoms with Gasteiger partial charge >= 0.3 is 5.97 Å². The zero-order valence-electron chi connectivity index (χ0n) is 12.0. The number of anilines is 2. The molecule has 6 nitrogen and oxygen atoms in total. The molecule has 2 rings (SSSR count). The van der Waals surface area contributed by atoms with E-state index in [4.69, 9.17) is 16.2 Å². The van der Waals surface area contributed by atoms with Gasteiger partial charge in [0, 0.05) is 24.1 Å². The first-order valence-corrected chi connectivity index (χ1v) is 8.53. The van der Waals surface area contributed by atoms with Crippen LogP contribution in [0, 0.1) is 0 Å². The van der Waals surface area contributed by atoms with Crippen LogP contribution < -0.4 is 16.4 Å². The van der Waals surface area contributed by atoms with Crippen LogP contribution in [-0.4, -0.2) is 43.1 Å². The Kier molecular flexibility index (Phi) is 5.00. The van der Waals surface area contributed by atoms with Crippen LogP contribution in [-0.2, 0) is 4.74 Å². The van der Waals surface area contributed by atoms with Gasteiger partial charge in [0.15, 0.2) is 0 Å². The molecule has 1 aliphatic heterocycles. The molecule has 1 amide bonds. The standard InChI is InChI=1S/C13H19N3O3S2/c1-3-7-6-16(4-5-20-7)12-8(11(15)17)9(14)10(21-12)13(18)19-2/h7H,3-6,14H2,1-2H3,(H2,15,17). The Morgan fingerprint density at radius 1 is 1.48 bits per heavy atom. The highest BCUT2D eigenvalue weighted by molar-refractivity contribution is 8.00. The molecule has 0 radical (unpaired) electrons. The lowest BCUT2D eigenvalue weighted by atomic mass is 10.2. The number of nitrogens with zero attached hydrogens (tertiary/aromatic N) is 1. The minimum Gasteiger partial charge on any atom is -0.465 e. The van der Waals surface area contributed by atoms with Crippen molar-refractivity contribution < 1.29 is 14.3 Å². The Labute approximate surface area is 131 Å². The molecule has 4 N–H and O–H groups in total. The number of esters is 1. The topological polar surface area (TPSA) is 98.7 Å². The second-order valence-corrected chi connectivity index (χ2v) is 7.14. The summed E-state index contributed by atoms with van der Waals surface area (Å²) in [5.74, 6) is -0.174. The summed E-state index contributed by atoms with van der Waals surface area (Å²) in [4.78, 5) is 25.8. The largest absolute Gasteiger partial charge is 0.465 e. The van der Waals surface area contributed by atoms with Gasteiger partial charge < -0.3 is 21.1 Å². The number of thioether (sulfide) groups is 1. The van der Waals surface area contributed by atoms with Crippen molar-refractivity contribution in [1.29, 1.82) is 0 Å². The van der Waals surface area contributed by atoms with Crippen molar-refractivity contribution >= 4 is 45.7 Å². The fourth-order valence-electron chi connectivity index (χ4n) is 2.29. The second kappa shape index (κ2) is 6.57. The molecule has 0 spiro atoms. The molecular formula is C13H19N3O3S2. The van der Waals surface area contributed by atoms with Crippen molar-refractivity contribution in [3.05, 3.63) is 10.4 Å². The molecule has 1 fully saturated rings. The Morgan fingerprint density at radius 2 is 2.19 bits per heavy atom. The summed E-state index contributed by atoms with van der Waals surface area (Å²) < 4.78 is 4.71. The molecule has 8 heteroatoms. The lowest BCUT2D eigenvalue weighted by molar-refractivity contribution is 0.0607. The number of carbonyl (C=O) groups is 2. The minimum absolute atomic E-state index is 0.126. The fraction of sp³-hybridized carbons (Fsp3) is 0.538. The first-order chi connectivity index (χ1) is 9.99. The second-order valence-electron chi connectivity index (χ2n) is 4.73. The number of thiophene rings is 1. The summed E-state index contributed by atoms with van der Waals surface area (Å²) in [6.45, 7) is 3.77. The van der Waals surface area contributed by atoms with Crippen molar-refractivity contribution in [1.82, 2.24) is 0 Å². The number of hydrogen-bond donors (Lipinski definition) is 2. The Bertz CT molecular complexity index is 559. The molecule has 0 aliphatic carbocycles. The van der Waals surface area contributed by atoms with E-state index in [-0.39, 0.29) is 16.1 Å². The van der Waals surface area contributed by atoms with Crippen LogP contribution in [0.2, 0.25) is 0 Å². The number of nitrogens with two attached hydrogens (primary N) is 2. The summed E-state index contributed by atoms with van der Waals surface area (Å²) in [6, 6.07) is 0. The Balaban J connectivity index is 2.42. The molecule has 0 saturated carbocycles. The molecule has 1 saturated heterocycles. The van der Waals surface area contributed by atoms with Gasteiger partial charge in [-0.1, -0.05) is 6.92 Å². The molecule has 1 aromatic heterocycles. The number of amides is 1. The van der Waals surface area contributed by atoms with E-state index in [2.05, 4.69) is 11.8 Å². The number of methoxy groups -OCH3 is 1. The molecule has 0 aromatic carbocycles. The van der Waals surface area contributed by atoms with E-state index < -0.39 is 11.9 Å². The Morgan fingerprint density at radius 3 is 2.76 bits per heavy atom. The zero-order chi connectivity index (χ0) is 15.6. The van der Waals surface area contributed by atoms with E-state index >= 15 is 0 Å². The number of primary amides is 1. The normalized spacial score (nSPS) is 18.6. The van der Waals surface area contributed by atoms with E-state index in [9.17, 15) is 9.59 Å². The molecule has 1 aliphatic rings. The molecule has 1 unspecified atom stereocenters. The van der Waals surface area contributed by atoms with Gasteiger partial charge in [-0.15, -0.1) is 11.3 Å². The molecule has 1 atom stereocenters. The maximum Gasteiger partial charge on any atom is 0.350 e. The average Bonchev–Trinajstić information content (AvgIpc) is 2.84. The summed E-state index contributed by atoms with van der Waals surface area (Å²) >= 11 is 3.10. The van der Waals surface area contributed by atoms with E-state index in [1.54, 1.807) is 0 Å². The first kappa shape index (κ1) is 16.0. The average molecular weight is 329 g/mol. The van der Waals surface area contributed by atoms with Gasteiger partial charge in [0.1, 0.15) is 9.88 Å². The van der Waals surface area contributed by atoms with Crippen LogP contribution in [0.5, 0.6) is 0 Å². The van der Waals surface area contributed by atoms with Crippen molar-refractivity contribution in [2.75, 3.05) is 36.6 Å². The van der Waals surface area contributed by atoms with Crippen molar-refractivity contribution in [2.24, 2.45) is 5.73 Å². The molecule has 21 heavy (non-hydrogen) atoms. The van der Waals surface area contributed by atoms with E-state index in [1.165, 1.54) is 18.4 Å². The van der Waals surface area contributed by atoms with Crippen LogP contribution >= 0.6 is 23.1 Å². The summed E-state index contributed by atoms with van der Waals surface area (Å²) in [6.07, 6.45) is 1.05. The molecular weight excluding hydrogens is 310 g/mol. The highest BCUT2D eigenvalue weighted by Crippen LogP contribution is 2.40. The van der Waals surface area contributed by atoms with Gasteiger partial charge in [0.25, 0.3) is 5.91 Å². The van der Waals surface area contributed by atoms with Crippen molar-refractivity contribution in [3.63, 3.8) is 0 Å². The third-order valence-electron chi connectivity index (χ3n) is 3.43. The van der Waals surface area contributed by atoms with E-state index in [0.717, 1.165) is 25.3 Å². The van der Waals surface area contributed by atoms with Crippen molar-refractivity contribution in [3.8, 4) is 0 Å². The van der Waals surface area contributed by atoms with Crippen molar-refractivity contribution in [2.45, 2.75) is 18.6 Å². The first-order valence-electron chi connectivity index (χ1n) is 6.66. The number of nitrogen functional groups attached to an aromatic ring is 1. The predicted molar refractivity (Wildman–Crippen MR) is 87.3 cm³/mol. The molecule has 0 bridgehead atoms. The van der Waals surface area contributed by atoms with Crippen LogP contribution in [0.25, 0.3) is 0 Å². The van der Waals surface area contributed by atoms with Gasteiger partial charge in [-0.25, -0.2) is 4.79 Å². The number of rotatable bonds is 4. The van der Waals surface area contributed by atoms with Crippen LogP contribution in [0.15, 0.2) is 0 Å². The maximum atomic E-state index is 11.8. The van der Waals surface area contributed by atoms with Gasteiger partial charge in [0.2, 0.25) is 0 Å².